The maximum atomic E-state index is 6.12. The first kappa shape index (κ1) is 11.9. The zero-order valence-electron chi connectivity index (χ0n) is 9.31. The van der Waals surface area contributed by atoms with E-state index in [1.165, 1.54) is 0 Å². The summed E-state index contributed by atoms with van der Waals surface area (Å²) >= 11 is 6.12. The molecule has 0 aliphatic carbocycles. The maximum absolute atomic E-state index is 6.12. The third-order valence-electron chi connectivity index (χ3n) is 2.58. The third kappa shape index (κ3) is 1.99. The highest BCUT2D eigenvalue weighted by atomic mass is 35.5. The van der Waals surface area contributed by atoms with Crippen molar-refractivity contribution in [3.8, 4) is 0 Å². The lowest BCUT2D eigenvalue weighted by Gasteiger charge is -2.17. The molecule has 1 atom stereocenters. The van der Waals surface area contributed by atoms with Crippen molar-refractivity contribution in [1.29, 1.82) is 0 Å². The summed E-state index contributed by atoms with van der Waals surface area (Å²) in [6.07, 6.45) is 3.20. The van der Waals surface area contributed by atoms with E-state index in [-0.39, 0.29) is 6.04 Å². The van der Waals surface area contributed by atoms with E-state index in [1.807, 2.05) is 6.92 Å². The summed E-state index contributed by atoms with van der Waals surface area (Å²) in [6, 6.07) is -0.344. The molecule has 2 aromatic heterocycles. The Balaban J connectivity index is 2.49. The second-order valence-corrected chi connectivity index (χ2v) is 3.94. The number of aromatic amines is 1. The van der Waals surface area contributed by atoms with Gasteiger partial charge in [-0.05, 0) is 6.92 Å². The molecule has 17 heavy (non-hydrogen) atoms. The van der Waals surface area contributed by atoms with Gasteiger partial charge in [0, 0.05) is 12.1 Å². The Morgan fingerprint density at radius 3 is 2.88 bits per heavy atom. The second kappa shape index (κ2) is 4.74. The average Bonchev–Trinajstić information content (AvgIpc) is 2.89. The molecule has 8 heteroatoms. The number of rotatable bonds is 4. The predicted molar refractivity (Wildman–Crippen MR) is 65.1 cm³/mol. The molecule has 6 N–H and O–H groups in total. The maximum Gasteiger partial charge on any atom is 0.124 e. The van der Waals surface area contributed by atoms with Crippen LogP contribution >= 0.6 is 11.6 Å². The lowest BCUT2D eigenvalue weighted by Crippen LogP contribution is -2.31. The molecule has 0 aliphatic rings. The number of halogens is 1. The van der Waals surface area contributed by atoms with Crippen LogP contribution < -0.4 is 17.0 Å². The van der Waals surface area contributed by atoms with Gasteiger partial charge in [0.25, 0.3) is 0 Å². The summed E-state index contributed by atoms with van der Waals surface area (Å²) in [5, 5.41) is 11.2. The molecule has 0 aliphatic heterocycles. The van der Waals surface area contributed by atoms with Crippen molar-refractivity contribution in [3.05, 3.63) is 28.7 Å². The minimum atomic E-state index is -0.344. The molecule has 0 spiro atoms. The van der Waals surface area contributed by atoms with Gasteiger partial charge < -0.3 is 5.73 Å². The van der Waals surface area contributed by atoms with Gasteiger partial charge in [0.15, 0.2) is 0 Å². The Morgan fingerprint density at radius 2 is 2.35 bits per heavy atom. The van der Waals surface area contributed by atoms with Crippen molar-refractivity contribution in [2.75, 3.05) is 5.73 Å². The Labute approximate surface area is 103 Å². The van der Waals surface area contributed by atoms with E-state index in [9.17, 15) is 0 Å². The van der Waals surface area contributed by atoms with Crippen LogP contribution in [-0.4, -0.2) is 20.0 Å². The van der Waals surface area contributed by atoms with Crippen LogP contribution in [0.5, 0.6) is 0 Å². The highest BCUT2D eigenvalue weighted by molar-refractivity contribution is 6.31. The first-order valence-corrected chi connectivity index (χ1v) is 5.52. The number of nitrogens with two attached hydrogens (primary N) is 2. The summed E-state index contributed by atoms with van der Waals surface area (Å²) in [4.78, 5) is 0. The van der Waals surface area contributed by atoms with Crippen LogP contribution in [0.3, 0.4) is 0 Å². The van der Waals surface area contributed by atoms with E-state index < -0.39 is 0 Å². The van der Waals surface area contributed by atoms with Gasteiger partial charge in [0.05, 0.1) is 29.2 Å². The van der Waals surface area contributed by atoms with Crippen molar-refractivity contribution >= 4 is 17.4 Å². The smallest absolute Gasteiger partial charge is 0.124 e. The second-order valence-electron chi connectivity index (χ2n) is 3.53. The SMILES string of the molecule is CCn1ncc(Cl)c1C(NN)c1cn[nH]c1N. The number of nitrogens with zero attached hydrogens (tertiary/aromatic N) is 3. The Morgan fingerprint density at radius 1 is 1.59 bits per heavy atom. The number of nitrogen functional groups attached to an aromatic ring is 1. The highest BCUT2D eigenvalue weighted by Gasteiger charge is 2.23. The molecule has 0 fully saturated rings. The molecule has 0 saturated carbocycles. The Hall–Kier alpha value is -1.57. The van der Waals surface area contributed by atoms with Crippen LogP contribution in [0.2, 0.25) is 5.02 Å². The standard InChI is InChI=1S/C9H14ClN7/c1-2-17-8(6(10)4-14-17)7(15-12)5-3-13-16-9(5)11/h3-4,7,15H,2,12H2,1H3,(H3,11,13,16). The quantitative estimate of drug-likeness (QED) is 0.467. The van der Waals surface area contributed by atoms with E-state index in [1.54, 1.807) is 17.1 Å². The zero-order valence-corrected chi connectivity index (χ0v) is 10.1. The fraction of sp³-hybridized carbons (Fsp3) is 0.333. The number of hydrogen-bond acceptors (Lipinski definition) is 5. The summed E-state index contributed by atoms with van der Waals surface area (Å²) in [6.45, 7) is 2.66. The van der Waals surface area contributed by atoms with Crippen molar-refractivity contribution in [2.24, 2.45) is 5.84 Å². The molecular formula is C9H14ClN7. The van der Waals surface area contributed by atoms with Crippen LogP contribution in [0.1, 0.15) is 24.2 Å². The van der Waals surface area contributed by atoms with Gasteiger partial charge in [-0.2, -0.15) is 10.2 Å². The fourth-order valence-electron chi connectivity index (χ4n) is 1.76. The summed E-state index contributed by atoms with van der Waals surface area (Å²) < 4.78 is 1.76. The van der Waals surface area contributed by atoms with Gasteiger partial charge in [-0.1, -0.05) is 11.6 Å². The average molecular weight is 256 g/mol. The van der Waals surface area contributed by atoms with Crippen LogP contribution in [0.15, 0.2) is 12.4 Å². The molecule has 1 unspecified atom stereocenters. The molecule has 2 rings (SSSR count). The van der Waals surface area contributed by atoms with Crippen LogP contribution in [0.25, 0.3) is 0 Å². The number of nitrogens with one attached hydrogen (secondary N) is 2. The lowest BCUT2D eigenvalue weighted by atomic mass is 10.1. The fourth-order valence-corrected chi connectivity index (χ4v) is 2.01. The molecule has 2 heterocycles. The first-order valence-electron chi connectivity index (χ1n) is 5.15. The van der Waals surface area contributed by atoms with E-state index in [4.69, 9.17) is 23.2 Å². The lowest BCUT2D eigenvalue weighted by molar-refractivity contribution is 0.544. The number of hydrogen-bond donors (Lipinski definition) is 4. The van der Waals surface area contributed by atoms with Crippen LogP contribution in [0, 0.1) is 0 Å². The summed E-state index contributed by atoms with van der Waals surface area (Å²) in [5.41, 5.74) is 9.96. The van der Waals surface area contributed by atoms with E-state index in [0.717, 1.165) is 11.3 Å². The summed E-state index contributed by atoms with van der Waals surface area (Å²) in [5.74, 6) is 6.02. The monoisotopic (exact) mass is 255 g/mol. The van der Waals surface area contributed by atoms with Gasteiger partial charge >= 0.3 is 0 Å². The molecule has 0 aromatic carbocycles. The Bertz CT molecular complexity index is 503. The molecule has 0 bridgehead atoms. The minimum Gasteiger partial charge on any atom is -0.384 e. The molecule has 0 saturated heterocycles. The number of hydrazine groups is 1. The molecule has 2 aromatic rings. The van der Waals surface area contributed by atoms with E-state index in [0.29, 0.717) is 17.4 Å². The van der Waals surface area contributed by atoms with Gasteiger partial charge in [0.1, 0.15) is 5.82 Å². The Kier molecular flexibility index (Phi) is 3.32. The van der Waals surface area contributed by atoms with Gasteiger partial charge in [-0.3, -0.25) is 15.6 Å². The number of aryl methyl sites for hydroxylation is 1. The molecule has 0 radical (unpaired) electrons. The predicted octanol–water partition coefficient (Wildman–Crippen LogP) is 0.414. The normalized spacial score (nSPS) is 12.9. The zero-order chi connectivity index (χ0) is 12.4. The van der Waals surface area contributed by atoms with Crippen LogP contribution in [0.4, 0.5) is 5.82 Å². The van der Waals surface area contributed by atoms with Crippen molar-refractivity contribution in [1.82, 2.24) is 25.4 Å². The summed E-state index contributed by atoms with van der Waals surface area (Å²) in [7, 11) is 0. The molecular weight excluding hydrogens is 242 g/mol. The molecule has 0 amide bonds. The van der Waals surface area contributed by atoms with Crippen molar-refractivity contribution in [3.63, 3.8) is 0 Å². The largest absolute Gasteiger partial charge is 0.384 e. The van der Waals surface area contributed by atoms with E-state index >= 15 is 0 Å². The van der Waals surface area contributed by atoms with Gasteiger partial charge in [0.2, 0.25) is 0 Å². The van der Waals surface area contributed by atoms with Gasteiger partial charge in [-0.25, -0.2) is 5.43 Å². The van der Waals surface area contributed by atoms with Crippen molar-refractivity contribution < 1.29 is 0 Å². The molecule has 92 valence electrons. The molecule has 7 nitrogen and oxygen atoms in total. The van der Waals surface area contributed by atoms with E-state index in [2.05, 4.69) is 20.7 Å². The first-order chi connectivity index (χ1) is 8.19. The number of anilines is 1. The number of aromatic nitrogens is 4. The topological polar surface area (TPSA) is 111 Å². The third-order valence-corrected chi connectivity index (χ3v) is 2.87. The number of H-pyrrole nitrogens is 1. The minimum absolute atomic E-state index is 0.344. The van der Waals surface area contributed by atoms with Gasteiger partial charge in [-0.15, -0.1) is 0 Å². The van der Waals surface area contributed by atoms with Crippen LogP contribution in [-0.2, 0) is 6.54 Å². The van der Waals surface area contributed by atoms with Crippen molar-refractivity contribution in [2.45, 2.75) is 19.5 Å². The highest BCUT2D eigenvalue weighted by Crippen LogP contribution is 2.29.